The molecule has 4 heteroatoms. The summed E-state index contributed by atoms with van der Waals surface area (Å²) in [5.74, 6) is 1.43. The van der Waals surface area contributed by atoms with Crippen LogP contribution in [-0.2, 0) is 0 Å². The van der Waals surface area contributed by atoms with Gasteiger partial charge in [0.05, 0.1) is 18.4 Å². The van der Waals surface area contributed by atoms with Gasteiger partial charge in [-0.25, -0.2) is 4.98 Å². The molecule has 0 aliphatic heterocycles. The number of hydrogen-bond donors (Lipinski definition) is 1. The number of nitriles is 1. The van der Waals surface area contributed by atoms with Crippen LogP contribution in [0.4, 0.5) is 5.82 Å². The van der Waals surface area contributed by atoms with Crippen LogP contribution in [0, 0.1) is 11.3 Å². The predicted molar refractivity (Wildman–Crippen MR) is 75.1 cm³/mol. The summed E-state index contributed by atoms with van der Waals surface area (Å²) in [7, 11) is 1.64. The van der Waals surface area contributed by atoms with E-state index in [-0.39, 0.29) is 0 Å². The van der Waals surface area contributed by atoms with Crippen LogP contribution in [-0.4, -0.2) is 18.6 Å². The second kappa shape index (κ2) is 5.87. The number of methoxy groups -OCH3 is 1. The van der Waals surface area contributed by atoms with Gasteiger partial charge in [0.2, 0.25) is 0 Å². The standard InChI is InChI=1S/C15H15N3O/c1-3-17-15-12(10-16)6-9-14(18-15)11-4-7-13(19-2)8-5-11/h4-9H,3H2,1-2H3,(H,17,18). The van der Waals surface area contributed by atoms with Crippen molar-refractivity contribution in [2.45, 2.75) is 6.92 Å². The molecule has 0 saturated carbocycles. The molecule has 0 atom stereocenters. The van der Waals surface area contributed by atoms with Crippen molar-refractivity contribution >= 4 is 5.82 Å². The van der Waals surface area contributed by atoms with Crippen molar-refractivity contribution in [2.24, 2.45) is 0 Å². The first kappa shape index (κ1) is 12.9. The molecule has 1 aromatic heterocycles. The molecule has 0 fully saturated rings. The molecule has 2 aromatic rings. The molecule has 0 unspecified atom stereocenters. The minimum Gasteiger partial charge on any atom is -0.497 e. The molecule has 96 valence electrons. The fourth-order valence-corrected chi connectivity index (χ4v) is 1.77. The van der Waals surface area contributed by atoms with Crippen molar-refractivity contribution in [3.05, 3.63) is 42.0 Å². The van der Waals surface area contributed by atoms with E-state index in [9.17, 15) is 0 Å². The Morgan fingerprint density at radius 2 is 1.95 bits per heavy atom. The van der Waals surface area contributed by atoms with E-state index in [1.165, 1.54) is 0 Å². The molecule has 1 N–H and O–H groups in total. The van der Waals surface area contributed by atoms with Gasteiger partial charge in [0.15, 0.2) is 0 Å². The van der Waals surface area contributed by atoms with Crippen molar-refractivity contribution < 1.29 is 4.74 Å². The van der Waals surface area contributed by atoms with E-state index in [0.29, 0.717) is 11.4 Å². The topological polar surface area (TPSA) is 57.9 Å². The van der Waals surface area contributed by atoms with Crippen molar-refractivity contribution in [1.29, 1.82) is 5.26 Å². The van der Waals surface area contributed by atoms with Crippen LogP contribution in [0.25, 0.3) is 11.3 Å². The smallest absolute Gasteiger partial charge is 0.144 e. The Balaban J connectivity index is 2.39. The molecule has 1 heterocycles. The minimum atomic E-state index is 0.555. The van der Waals surface area contributed by atoms with Gasteiger partial charge in [0.25, 0.3) is 0 Å². The van der Waals surface area contributed by atoms with E-state index < -0.39 is 0 Å². The number of nitrogens with one attached hydrogen (secondary N) is 1. The maximum Gasteiger partial charge on any atom is 0.144 e. The van der Waals surface area contributed by atoms with Crippen molar-refractivity contribution in [3.8, 4) is 23.1 Å². The Bertz CT molecular complexity index is 600. The summed E-state index contributed by atoms with van der Waals surface area (Å²) < 4.78 is 5.13. The zero-order chi connectivity index (χ0) is 13.7. The molecule has 19 heavy (non-hydrogen) atoms. The Kier molecular flexibility index (Phi) is 3.99. The first-order valence-corrected chi connectivity index (χ1v) is 6.08. The van der Waals surface area contributed by atoms with Crippen LogP contribution in [0.15, 0.2) is 36.4 Å². The minimum absolute atomic E-state index is 0.555. The summed E-state index contributed by atoms with van der Waals surface area (Å²) >= 11 is 0. The number of ether oxygens (including phenoxy) is 1. The second-order valence-electron chi connectivity index (χ2n) is 3.96. The second-order valence-corrected chi connectivity index (χ2v) is 3.96. The Hall–Kier alpha value is -2.54. The van der Waals surface area contributed by atoms with Gasteiger partial charge in [-0.3, -0.25) is 0 Å². The fourth-order valence-electron chi connectivity index (χ4n) is 1.77. The molecule has 0 saturated heterocycles. The highest BCUT2D eigenvalue weighted by Gasteiger charge is 2.06. The maximum absolute atomic E-state index is 9.03. The summed E-state index contributed by atoms with van der Waals surface area (Å²) in [6.45, 7) is 2.70. The average molecular weight is 253 g/mol. The van der Waals surface area contributed by atoms with Gasteiger partial charge in [0.1, 0.15) is 17.6 Å². The van der Waals surface area contributed by atoms with Gasteiger partial charge in [-0.05, 0) is 43.3 Å². The molecule has 0 radical (unpaired) electrons. The van der Waals surface area contributed by atoms with Gasteiger partial charge < -0.3 is 10.1 Å². The highest BCUT2D eigenvalue weighted by atomic mass is 16.5. The Labute approximate surface area is 112 Å². The van der Waals surface area contributed by atoms with Crippen LogP contribution < -0.4 is 10.1 Å². The third-order valence-corrected chi connectivity index (χ3v) is 2.75. The predicted octanol–water partition coefficient (Wildman–Crippen LogP) is 3.06. The summed E-state index contributed by atoms with van der Waals surface area (Å²) in [4.78, 5) is 4.48. The number of nitrogens with zero attached hydrogens (tertiary/aromatic N) is 2. The Morgan fingerprint density at radius 1 is 1.21 bits per heavy atom. The normalized spacial score (nSPS) is 9.74. The fraction of sp³-hybridized carbons (Fsp3) is 0.200. The van der Waals surface area contributed by atoms with Gasteiger partial charge in [-0.1, -0.05) is 0 Å². The molecule has 0 spiro atoms. The molecule has 0 bridgehead atoms. The highest BCUT2D eigenvalue weighted by molar-refractivity contribution is 5.65. The third-order valence-electron chi connectivity index (χ3n) is 2.75. The quantitative estimate of drug-likeness (QED) is 0.909. The van der Waals surface area contributed by atoms with E-state index in [1.54, 1.807) is 13.2 Å². The summed E-state index contributed by atoms with van der Waals surface area (Å²) in [6, 6.07) is 13.4. The van der Waals surface area contributed by atoms with Crippen LogP contribution in [0.3, 0.4) is 0 Å². The van der Waals surface area contributed by atoms with Gasteiger partial charge in [0, 0.05) is 12.1 Å². The zero-order valence-electron chi connectivity index (χ0n) is 11.0. The van der Waals surface area contributed by atoms with E-state index in [2.05, 4.69) is 16.4 Å². The van der Waals surface area contributed by atoms with Crippen LogP contribution in [0.5, 0.6) is 5.75 Å². The number of anilines is 1. The van der Waals surface area contributed by atoms with E-state index in [0.717, 1.165) is 23.6 Å². The molecular formula is C15H15N3O. The lowest BCUT2D eigenvalue weighted by Gasteiger charge is -2.08. The van der Waals surface area contributed by atoms with E-state index in [4.69, 9.17) is 10.00 Å². The van der Waals surface area contributed by atoms with E-state index in [1.807, 2.05) is 37.3 Å². The maximum atomic E-state index is 9.03. The van der Waals surface area contributed by atoms with Crippen LogP contribution >= 0.6 is 0 Å². The molecule has 0 aliphatic rings. The molecule has 4 nitrogen and oxygen atoms in total. The number of pyridine rings is 1. The monoisotopic (exact) mass is 253 g/mol. The van der Waals surface area contributed by atoms with Crippen LogP contribution in [0.2, 0.25) is 0 Å². The van der Waals surface area contributed by atoms with Gasteiger partial charge in [-0.15, -0.1) is 0 Å². The molecule has 1 aromatic carbocycles. The van der Waals surface area contributed by atoms with Crippen molar-refractivity contribution in [3.63, 3.8) is 0 Å². The Morgan fingerprint density at radius 3 is 2.53 bits per heavy atom. The molecule has 0 aliphatic carbocycles. The lowest BCUT2D eigenvalue weighted by atomic mass is 10.1. The summed E-state index contributed by atoms with van der Waals surface area (Å²) in [6.07, 6.45) is 0. The van der Waals surface area contributed by atoms with E-state index >= 15 is 0 Å². The molecular weight excluding hydrogens is 238 g/mol. The first-order valence-electron chi connectivity index (χ1n) is 6.08. The molecule has 2 rings (SSSR count). The lowest BCUT2D eigenvalue weighted by molar-refractivity contribution is 0.415. The number of aromatic nitrogens is 1. The van der Waals surface area contributed by atoms with Crippen LogP contribution in [0.1, 0.15) is 12.5 Å². The van der Waals surface area contributed by atoms with Crippen molar-refractivity contribution in [1.82, 2.24) is 4.98 Å². The molecule has 0 amide bonds. The first-order chi connectivity index (χ1) is 9.28. The van der Waals surface area contributed by atoms with Crippen molar-refractivity contribution in [2.75, 3.05) is 19.0 Å². The SMILES string of the molecule is CCNc1nc(-c2ccc(OC)cc2)ccc1C#N. The summed E-state index contributed by atoms with van der Waals surface area (Å²) in [5.41, 5.74) is 2.38. The van der Waals surface area contributed by atoms with Gasteiger partial charge >= 0.3 is 0 Å². The number of benzene rings is 1. The third kappa shape index (κ3) is 2.83. The average Bonchev–Trinajstić information content (AvgIpc) is 2.47. The van der Waals surface area contributed by atoms with Gasteiger partial charge in [-0.2, -0.15) is 5.26 Å². The largest absolute Gasteiger partial charge is 0.497 e. The highest BCUT2D eigenvalue weighted by Crippen LogP contribution is 2.23. The number of hydrogen-bond acceptors (Lipinski definition) is 4. The summed E-state index contributed by atoms with van der Waals surface area (Å²) in [5, 5.41) is 12.1. The lowest BCUT2D eigenvalue weighted by Crippen LogP contribution is -2.02. The zero-order valence-corrected chi connectivity index (χ0v) is 11.0. The number of rotatable bonds is 4.